The first-order chi connectivity index (χ1) is 14.6. The van der Waals surface area contributed by atoms with Gasteiger partial charge in [0.05, 0.1) is 0 Å². The van der Waals surface area contributed by atoms with Gasteiger partial charge in [-0.05, 0) is 55.0 Å². The van der Waals surface area contributed by atoms with Gasteiger partial charge in [0, 0.05) is 12.8 Å². The smallest absolute Gasteiger partial charge is 0.206 e. The van der Waals surface area contributed by atoms with Crippen molar-refractivity contribution in [2.24, 2.45) is 0 Å². The van der Waals surface area contributed by atoms with E-state index < -0.39 is 5.92 Å². The summed E-state index contributed by atoms with van der Waals surface area (Å²) in [5, 5.41) is 0. The van der Waals surface area contributed by atoms with Crippen molar-refractivity contribution >= 4 is 0 Å². The van der Waals surface area contributed by atoms with Gasteiger partial charge in [-0.25, -0.2) is 8.78 Å². The van der Waals surface area contributed by atoms with E-state index in [9.17, 15) is 0 Å². The van der Waals surface area contributed by atoms with E-state index >= 15 is 8.78 Å². The molecule has 184 valence electrons. The van der Waals surface area contributed by atoms with Crippen molar-refractivity contribution < 1.29 is 8.78 Å². The number of benzene rings is 2. The van der Waals surface area contributed by atoms with Crippen LogP contribution in [-0.4, -0.2) is 5.92 Å². The summed E-state index contributed by atoms with van der Waals surface area (Å²) in [7, 11) is 0. The summed E-state index contributed by atoms with van der Waals surface area (Å²) in [5.74, 6) is -2.83. The Labute approximate surface area is 202 Å². The highest BCUT2D eigenvalue weighted by atomic mass is 19.3. The van der Waals surface area contributed by atoms with Crippen molar-refractivity contribution in [2.75, 3.05) is 0 Å². The highest BCUT2D eigenvalue weighted by Gasteiger charge is 2.35. The van der Waals surface area contributed by atoms with Crippen LogP contribution in [0.25, 0.3) is 0 Å². The lowest BCUT2D eigenvalue weighted by Crippen LogP contribution is -2.28. The fraction of sp³-hybridized carbons (Fsp3) is 0.613. The Hall–Kier alpha value is -1.70. The third-order valence-corrected chi connectivity index (χ3v) is 6.46. The predicted molar refractivity (Wildman–Crippen MR) is 140 cm³/mol. The molecule has 0 N–H and O–H groups in total. The molecule has 2 rings (SSSR count). The fourth-order valence-corrected chi connectivity index (χ4v) is 4.45. The van der Waals surface area contributed by atoms with Gasteiger partial charge in [0.1, 0.15) is 0 Å². The van der Waals surface area contributed by atoms with Gasteiger partial charge in [0.15, 0.2) is 0 Å². The van der Waals surface area contributed by atoms with Crippen LogP contribution in [0.3, 0.4) is 0 Å². The Balaban J connectivity index is 2.51. The molecule has 0 saturated carbocycles. The van der Waals surface area contributed by atoms with Crippen LogP contribution in [0.4, 0.5) is 8.78 Å². The van der Waals surface area contributed by atoms with E-state index in [0.717, 1.165) is 27.8 Å². The minimum atomic E-state index is -2.83. The average Bonchev–Trinajstić information content (AvgIpc) is 2.57. The Kier molecular flexibility index (Phi) is 7.36. The summed E-state index contributed by atoms with van der Waals surface area (Å²) in [5.41, 5.74) is 5.36. The largest absolute Gasteiger partial charge is 0.256 e. The summed E-state index contributed by atoms with van der Waals surface area (Å²) in [6.07, 6.45) is -0.485. The predicted octanol–water partition coefficient (Wildman–Crippen LogP) is 9.30. The summed E-state index contributed by atoms with van der Waals surface area (Å²) < 4.78 is 31.4. The maximum absolute atomic E-state index is 15.7. The van der Waals surface area contributed by atoms with Crippen molar-refractivity contribution in [1.29, 1.82) is 0 Å². The van der Waals surface area contributed by atoms with Gasteiger partial charge in [-0.3, -0.25) is 0 Å². The van der Waals surface area contributed by atoms with Gasteiger partial charge in [-0.2, -0.15) is 0 Å². The Morgan fingerprint density at radius 1 is 0.485 bits per heavy atom. The van der Waals surface area contributed by atoms with E-state index in [1.807, 2.05) is 18.2 Å². The van der Waals surface area contributed by atoms with Crippen LogP contribution in [0.1, 0.15) is 116 Å². The zero-order valence-corrected chi connectivity index (χ0v) is 23.1. The average molecular weight is 457 g/mol. The molecule has 2 heteroatoms. The summed E-state index contributed by atoms with van der Waals surface area (Å²) >= 11 is 0. The van der Waals surface area contributed by atoms with Crippen LogP contribution in [-0.2, 0) is 34.5 Å². The fourth-order valence-electron chi connectivity index (χ4n) is 4.45. The molecule has 0 heterocycles. The monoisotopic (exact) mass is 456 g/mol. The van der Waals surface area contributed by atoms with Crippen LogP contribution in [0, 0.1) is 0 Å². The van der Waals surface area contributed by atoms with Crippen molar-refractivity contribution in [3.8, 4) is 0 Å². The molecule has 0 aliphatic heterocycles. The first-order valence-electron chi connectivity index (χ1n) is 12.3. The van der Waals surface area contributed by atoms with Gasteiger partial charge in [0.2, 0.25) is 0 Å². The van der Waals surface area contributed by atoms with E-state index in [0.29, 0.717) is 0 Å². The normalized spacial score (nSPS) is 14.0. The number of hydrogen-bond acceptors (Lipinski definition) is 0. The zero-order valence-electron chi connectivity index (χ0n) is 23.1. The topological polar surface area (TPSA) is 0 Å². The van der Waals surface area contributed by atoms with Crippen molar-refractivity contribution in [3.63, 3.8) is 0 Å². The first-order valence-corrected chi connectivity index (χ1v) is 12.3. The van der Waals surface area contributed by atoms with Crippen molar-refractivity contribution in [2.45, 2.75) is 124 Å². The molecule has 0 aliphatic carbocycles. The molecule has 0 atom stereocenters. The second kappa shape index (κ2) is 8.82. The summed E-state index contributed by atoms with van der Waals surface area (Å²) in [4.78, 5) is 0. The lowest BCUT2D eigenvalue weighted by atomic mass is 9.76. The Bertz CT molecular complexity index is 968. The second-order valence-electron chi connectivity index (χ2n) is 14.0. The quantitative estimate of drug-likeness (QED) is 0.430. The number of rotatable bonds is 4. The second-order valence-corrected chi connectivity index (χ2v) is 14.0. The Morgan fingerprint density at radius 3 is 1.36 bits per heavy atom. The number of alkyl halides is 2. The van der Waals surface area contributed by atoms with E-state index in [4.69, 9.17) is 0 Å². The van der Waals surface area contributed by atoms with Crippen LogP contribution in [0.15, 0.2) is 36.4 Å². The zero-order chi connectivity index (χ0) is 25.6. The van der Waals surface area contributed by atoms with Crippen molar-refractivity contribution in [1.82, 2.24) is 0 Å². The molecule has 0 spiro atoms. The van der Waals surface area contributed by atoms with Crippen molar-refractivity contribution in [3.05, 3.63) is 69.8 Å². The molecule has 0 nitrogen and oxygen atoms in total. The van der Waals surface area contributed by atoms with Crippen LogP contribution in [0.2, 0.25) is 0 Å². The molecule has 0 amide bonds. The molecule has 0 radical (unpaired) electrons. The van der Waals surface area contributed by atoms with E-state index in [1.54, 1.807) is 0 Å². The van der Waals surface area contributed by atoms with Gasteiger partial charge in [0.25, 0.3) is 5.92 Å². The van der Waals surface area contributed by atoms with Gasteiger partial charge >= 0.3 is 0 Å². The minimum absolute atomic E-state index is 0.0178. The number of hydrogen-bond donors (Lipinski definition) is 0. The first kappa shape index (κ1) is 27.5. The molecular weight excluding hydrogens is 410 g/mol. The lowest BCUT2D eigenvalue weighted by Gasteiger charge is -2.30. The van der Waals surface area contributed by atoms with Gasteiger partial charge < -0.3 is 0 Å². The molecule has 0 unspecified atom stereocenters. The third kappa shape index (κ3) is 7.14. The Morgan fingerprint density at radius 2 is 0.909 bits per heavy atom. The van der Waals surface area contributed by atoms with E-state index in [2.05, 4.69) is 101 Å². The van der Waals surface area contributed by atoms with E-state index in [1.165, 1.54) is 5.56 Å². The molecule has 0 saturated heterocycles. The van der Waals surface area contributed by atoms with E-state index in [-0.39, 0.29) is 34.5 Å². The molecule has 2 aromatic rings. The highest BCUT2D eigenvalue weighted by Crippen LogP contribution is 2.38. The molecule has 0 aromatic heterocycles. The van der Waals surface area contributed by atoms with Crippen LogP contribution < -0.4 is 0 Å². The summed E-state index contributed by atoms with van der Waals surface area (Å²) in [6.45, 7) is 25.5. The molecular formula is C31H46F2. The van der Waals surface area contributed by atoms with Gasteiger partial charge in [-0.1, -0.05) is 119 Å². The van der Waals surface area contributed by atoms with Gasteiger partial charge in [-0.15, -0.1) is 0 Å². The maximum Gasteiger partial charge on any atom is 0.256 e. The maximum atomic E-state index is 15.7. The molecule has 0 aliphatic rings. The molecule has 2 aromatic carbocycles. The molecule has 33 heavy (non-hydrogen) atoms. The summed E-state index contributed by atoms with van der Waals surface area (Å²) in [6, 6.07) is 12.3. The highest BCUT2D eigenvalue weighted by molar-refractivity contribution is 5.42. The SMILES string of the molecule is CC(C)(C)c1ccc(C(C)(C)C)c(CC(F)(F)Cc2ccc(C(C)(C)C)cc2C(C)(C)C)c1. The lowest BCUT2D eigenvalue weighted by molar-refractivity contribution is 0.00142. The minimum Gasteiger partial charge on any atom is -0.206 e. The molecule has 0 bridgehead atoms. The molecule has 0 fully saturated rings. The standard InChI is InChI=1S/C31H46F2/c1-27(2,3)23-15-16-25(29(7,8)9)22(17-23)20-31(32,33)19-21-13-14-24(28(4,5)6)18-26(21)30(10,11)12/h13-18H,19-20H2,1-12H3. The van der Waals surface area contributed by atoms with Crippen LogP contribution in [0.5, 0.6) is 0 Å². The van der Waals surface area contributed by atoms with Crippen LogP contribution >= 0.6 is 0 Å². The third-order valence-electron chi connectivity index (χ3n) is 6.46. The number of halogens is 2.